The van der Waals surface area contributed by atoms with E-state index in [0.29, 0.717) is 6.54 Å². The van der Waals surface area contributed by atoms with Gasteiger partial charge >= 0.3 is 0 Å². The molecule has 0 aliphatic carbocycles. The standard InChI is InChI=1S/C11H15N3S/c12-6-5-9-3-1-2-4-10(9)14-8-7-13-11(14)15/h1-4H,5-8,12H2,(H,13,15). The summed E-state index contributed by atoms with van der Waals surface area (Å²) in [5.74, 6) is 0. The van der Waals surface area contributed by atoms with Crippen molar-refractivity contribution in [2.45, 2.75) is 6.42 Å². The second-order valence-electron chi connectivity index (χ2n) is 3.55. The summed E-state index contributed by atoms with van der Waals surface area (Å²) < 4.78 is 0. The summed E-state index contributed by atoms with van der Waals surface area (Å²) in [4.78, 5) is 2.14. The van der Waals surface area contributed by atoms with Gasteiger partial charge in [0.15, 0.2) is 5.11 Å². The van der Waals surface area contributed by atoms with Crippen molar-refractivity contribution in [2.75, 3.05) is 24.5 Å². The van der Waals surface area contributed by atoms with E-state index in [1.165, 1.54) is 11.3 Å². The number of benzene rings is 1. The summed E-state index contributed by atoms with van der Waals surface area (Å²) in [6.07, 6.45) is 0.898. The molecule has 1 heterocycles. The lowest BCUT2D eigenvalue weighted by atomic mass is 10.1. The molecule has 1 aromatic rings. The average molecular weight is 221 g/mol. The molecule has 1 saturated heterocycles. The number of para-hydroxylation sites is 1. The maximum absolute atomic E-state index is 5.60. The first kappa shape index (κ1) is 10.4. The van der Waals surface area contributed by atoms with Crippen LogP contribution in [0.25, 0.3) is 0 Å². The first-order chi connectivity index (χ1) is 7.33. The molecule has 1 aromatic carbocycles. The molecule has 1 fully saturated rings. The molecular formula is C11H15N3S. The first-order valence-corrected chi connectivity index (χ1v) is 5.57. The summed E-state index contributed by atoms with van der Waals surface area (Å²) >= 11 is 5.25. The third-order valence-electron chi connectivity index (χ3n) is 2.55. The predicted molar refractivity (Wildman–Crippen MR) is 67.1 cm³/mol. The largest absolute Gasteiger partial charge is 0.360 e. The normalized spacial score (nSPS) is 15.5. The van der Waals surface area contributed by atoms with Crippen LogP contribution in [0.2, 0.25) is 0 Å². The zero-order chi connectivity index (χ0) is 10.7. The third-order valence-corrected chi connectivity index (χ3v) is 2.92. The van der Waals surface area contributed by atoms with Gasteiger partial charge in [0.1, 0.15) is 0 Å². The molecule has 80 valence electrons. The summed E-state index contributed by atoms with van der Waals surface area (Å²) in [6.45, 7) is 2.54. The molecule has 0 bridgehead atoms. The lowest BCUT2D eigenvalue weighted by molar-refractivity contribution is 0.944. The van der Waals surface area contributed by atoms with Gasteiger partial charge in [0, 0.05) is 18.8 Å². The summed E-state index contributed by atoms with van der Waals surface area (Å²) in [6, 6.07) is 8.30. The topological polar surface area (TPSA) is 41.3 Å². The highest BCUT2D eigenvalue weighted by Gasteiger charge is 2.19. The van der Waals surface area contributed by atoms with Crippen LogP contribution in [0.3, 0.4) is 0 Å². The van der Waals surface area contributed by atoms with Crippen LogP contribution in [0, 0.1) is 0 Å². The number of rotatable bonds is 3. The second kappa shape index (κ2) is 4.59. The van der Waals surface area contributed by atoms with Gasteiger partial charge in [-0.1, -0.05) is 18.2 Å². The maximum atomic E-state index is 5.60. The predicted octanol–water partition coefficient (Wildman–Crippen LogP) is 0.882. The molecule has 3 nitrogen and oxygen atoms in total. The lowest BCUT2D eigenvalue weighted by Crippen LogP contribution is -2.28. The number of nitrogens with two attached hydrogens (primary N) is 1. The van der Waals surface area contributed by atoms with Crippen LogP contribution in [0.4, 0.5) is 5.69 Å². The Balaban J connectivity index is 2.29. The van der Waals surface area contributed by atoms with Gasteiger partial charge < -0.3 is 16.0 Å². The minimum atomic E-state index is 0.672. The second-order valence-corrected chi connectivity index (χ2v) is 3.94. The van der Waals surface area contributed by atoms with E-state index in [0.717, 1.165) is 24.6 Å². The van der Waals surface area contributed by atoms with Crippen molar-refractivity contribution in [1.29, 1.82) is 0 Å². The van der Waals surface area contributed by atoms with Crippen LogP contribution in [-0.2, 0) is 6.42 Å². The Labute approximate surface area is 95.3 Å². The summed E-state index contributed by atoms with van der Waals surface area (Å²) in [7, 11) is 0. The van der Waals surface area contributed by atoms with Crippen LogP contribution >= 0.6 is 12.2 Å². The third kappa shape index (κ3) is 2.11. The van der Waals surface area contributed by atoms with Crippen molar-refractivity contribution >= 4 is 23.0 Å². The number of hydrogen-bond donors (Lipinski definition) is 2. The Morgan fingerprint density at radius 2 is 2.20 bits per heavy atom. The monoisotopic (exact) mass is 221 g/mol. The Kier molecular flexibility index (Phi) is 3.18. The molecule has 2 rings (SSSR count). The van der Waals surface area contributed by atoms with Gasteiger partial charge in [-0.2, -0.15) is 0 Å². The highest BCUT2D eigenvalue weighted by Crippen LogP contribution is 2.22. The zero-order valence-electron chi connectivity index (χ0n) is 8.57. The van der Waals surface area contributed by atoms with Crippen LogP contribution in [-0.4, -0.2) is 24.7 Å². The van der Waals surface area contributed by atoms with Crippen molar-refractivity contribution in [1.82, 2.24) is 5.32 Å². The van der Waals surface area contributed by atoms with Gasteiger partial charge in [-0.05, 0) is 36.8 Å². The van der Waals surface area contributed by atoms with Crippen molar-refractivity contribution < 1.29 is 0 Å². The number of anilines is 1. The Morgan fingerprint density at radius 3 is 2.87 bits per heavy atom. The molecule has 3 N–H and O–H groups in total. The van der Waals surface area contributed by atoms with Crippen molar-refractivity contribution in [2.24, 2.45) is 5.73 Å². The van der Waals surface area contributed by atoms with Crippen LogP contribution in [0.5, 0.6) is 0 Å². The van der Waals surface area contributed by atoms with E-state index < -0.39 is 0 Å². The number of thiocarbonyl (C=S) groups is 1. The fourth-order valence-corrected chi connectivity index (χ4v) is 2.13. The van der Waals surface area contributed by atoms with Crippen LogP contribution < -0.4 is 16.0 Å². The molecule has 0 saturated carbocycles. The minimum absolute atomic E-state index is 0.672. The smallest absolute Gasteiger partial charge is 0.173 e. The molecule has 1 aliphatic heterocycles. The van der Waals surface area contributed by atoms with E-state index in [2.05, 4.69) is 22.3 Å². The average Bonchev–Trinajstić information content (AvgIpc) is 2.66. The lowest BCUT2D eigenvalue weighted by Gasteiger charge is -2.20. The molecule has 0 aromatic heterocycles. The first-order valence-electron chi connectivity index (χ1n) is 5.16. The fraction of sp³-hybridized carbons (Fsp3) is 0.364. The zero-order valence-corrected chi connectivity index (χ0v) is 9.39. The van der Waals surface area contributed by atoms with Crippen LogP contribution in [0.1, 0.15) is 5.56 Å². The molecule has 0 atom stereocenters. The van der Waals surface area contributed by atoms with Gasteiger partial charge in [0.2, 0.25) is 0 Å². The van der Waals surface area contributed by atoms with Crippen LogP contribution in [0.15, 0.2) is 24.3 Å². The van der Waals surface area contributed by atoms with Gasteiger partial charge in [0.25, 0.3) is 0 Å². The highest BCUT2D eigenvalue weighted by atomic mass is 32.1. The number of hydrogen-bond acceptors (Lipinski definition) is 2. The van der Waals surface area contributed by atoms with E-state index in [1.54, 1.807) is 0 Å². The number of nitrogens with zero attached hydrogens (tertiary/aromatic N) is 1. The molecule has 4 heteroatoms. The van der Waals surface area contributed by atoms with E-state index in [1.807, 2.05) is 12.1 Å². The molecule has 0 amide bonds. The Morgan fingerprint density at radius 1 is 1.40 bits per heavy atom. The molecule has 0 unspecified atom stereocenters. The molecule has 0 radical (unpaired) electrons. The van der Waals surface area contributed by atoms with Gasteiger partial charge in [-0.15, -0.1) is 0 Å². The van der Waals surface area contributed by atoms with E-state index in [4.69, 9.17) is 18.0 Å². The molecule has 0 spiro atoms. The molecule has 15 heavy (non-hydrogen) atoms. The summed E-state index contributed by atoms with van der Waals surface area (Å²) in [5, 5.41) is 3.98. The number of nitrogens with one attached hydrogen (secondary N) is 1. The Hall–Kier alpha value is -1.13. The Bertz CT molecular complexity index is 365. The van der Waals surface area contributed by atoms with E-state index >= 15 is 0 Å². The summed E-state index contributed by atoms with van der Waals surface area (Å²) in [5.41, 5.74) is 8.06. The molecular weight excluding hydrogens is 206 g/mol. The quantitative estimate of drug-likeness (QED) is 0.744. The van der Waals surface area contributed by atoms with Gasteiger partial charge in [0.05, 0.1) is 0 Å². The minimum Gasteiger partial charge on any atom is -0.360 e. The van der Waals surface area contributed by atoms with Gasteiger partial charge in [-0.25, -0.2) is 0 Å². The fourth-order valence-electron chi connectivity index (χ4n) is 1.84. The molecule has 1 aliphatic rings. The van der Waals surface area contributed by atoms with Crippen molar-refractivity contribution in [3.05, 3.63) is 29.8 Å². The SMILES string of the molecule is NCCc1ccccc1N1CCNC1=S. The van der Waals surface area contributed by atoms with Gasteiger partial charge in [-0.3, -0.25) is 0 Å². The van der Waals surface area contributed by atoms with E-state index in [9.17, 15) is 0 Å². The maximum Gasteiger partial charge on any atom is 0.173 e. The van der Waals surface area contributed by atoms with Crippen molar-refractivity contribution in [3.63, 3.8) is 0 Å². The van der Waals surface area contributed by atoms with E-state index in [-0.39, 0.29) is 0 Å². The highest BCUT2D eigenvalue weighted by molar-refractivity contribution is 7.80. The van der Waals surface area contributed by atoms with Crippen molar-refractivity contribution in [3.8, 4) is 0 Å².